The first-order chi connectivity index (χ1) is 16.4. The van der Waals surface area contributed by atoms with Crippen molar-refractivity contribution in [3.05, 3.63) is 89.2 Å². The predicted molar refractivity (Wildman–Crippen MR) is 133 cm³/mol. The molecule has 176 valence electrons. The van der Waals surface area contributed by atoms with Crippen molar-refractivity contribution in [1.82, 2.24) is 10.3 Å². The van der Waals surface area contributed by atoms with Crippen LogP contribution in [0.5, 0.6) is 5.75 Å². The number of fused-ring (bicyclic) bond motifs is 1. The third-order valence-electron chi connectivity index (χ3n) is 6.49. The number of hydrogen-bond donors (Lipinski definition) is 1. The Bertz CT molecular complexity index is 1170. The molecule has 6 nitrogen and oxygen atoms in total. The summed E-state index contributed by atoms with van der Waals surface area (Å²) in [5.74, 6) is 0.473. The van der Waals surface area contributed by atoms with E-state index in [2.05, 4.69) is 43.2 Å². The van der Waals surface area contributed by atoms with Crippen molar-refractivity contribution in [3.8, 4) is 5.75 Å². The van der Waals surface area contributed by atoms with Crippen LogP contribution < -0.4 is 15.0 Å². The zero-order valence-corrected chi connectivity index (χ0v) is 20.0. The van der Waals surface area contributed by atoms with Crippen LogP contribution in [0.25, 0.3) is 0 Å². The molecule has 0 spiro atoms. The molecule has 34 heavy (non-hydrogen) atoms. The Morgan fingerprint density at radius 1 is 1.12 bits per heavy atom. The van der Waals surface area contributed by atoms with Crippen LogP contribution in [0.1, 0.15) is 54.4 Å². The summed E-state index contributed by atoms with van der Waals surface area (Å²) in [6.07, 6.45) is 3.40. The van der Waals surface area contributed by atoms with Gasteiger partial charge in [0, 0.05) is 30.4 Å². The Kier molecular flexibility index (Phi) is 6.96. The molecule has 2 heterocycles. The summed E-state index contributed by atoms with van der Waals surface area (Å²) in [5, 5.41) is 2.95. The molecule has 0 fully saturated rings. The number of hydrogen-bond acceptors (Lipinski definition) is 4. The molecule has 4 rings (SSSR count). The first-order valence-electron chi connectivity index (χ1n) is 11.7. The van der Waals surface area contributed by atoms with Crippen molar-refractivity contribution in [1.29, 1.82) is 0 Å². The minimum Gasteiger partial charge on any atom is -0.482 e. The van der Waals surface area contributed by atoms with E-state index in [1.165, 1.54) is 0 Å². The van der Waals surface area contributed by atoms with Gasteiger partial charge < -0.3 is 15.0 Å². The van der Waals surface area contributed by atoms with Crippen LogP contribution in [-0.2, 0) is 23.2 Å². The van der Waals surface area contributed by atoms with E-state index in [0.29, 0.717) is 30.8 Å². The second-order valence-electron chi connectivity index (χ2n) is 9.22. The molecule has 1 aliphatic heterocycles. The van der Waals surface area contributed by atoms with E-state index in [9.17, 15) is 9.59 Å². The number of amides is 2. The van der Waals surface area contributed by atoms with Gasteiger partial charge in [0.1, 0.15) is 5.75 Å². The number of nitrogens with zero attached hydrogens (tertiary/aromatic N) is 2. The maximum absolute atomic E-state index is 12.8. The summed E-state index contributed by atoms with van der Waals surface area (Å²) in [4.78, 5) is 31.5. The van der Waals surface area contributed by atoms with E-state index >= 15 is 0 Å². The second kappa shape index (κ2) is 10.1. The molecule has 6 heteroatoms. The van der Waals surface area contributed by atoms with Crippen LogP contribution in [0.4, 0.5) is 5.69 Å². The Hall–Kier alpha value is -3.67. The summed E-state index contributed by atoms with van der Waals surface area (Å²) in [6.45, 7) is 7.44. The molecule has 1 N–H and O–H groups in total. The smallest absolute Gasteiger partial charge is 0.265 e. The molecule has 2 aromatic carbocycles. The maximum Gasteiger partial charge on any atom is 0.265 e. The quantitative estimate of drug-likeness (QED) is 0.534. The zero-order valence-electron chi connectivity index (χ0n) is 20.0. The highest BCUT2D eigenvalue weighted by Gasteiger charge is 2.28. The number of aromatic nitrogens is 1. The lowest BCUT2D eigenvalue weighted by Crippen LogP contribution is -2.38. The SMILES string of the molecule is CCC(C)(C)c1ccc2c(c1)N(Cc1cccc(C(=O)NCCc3ccccn3)c1)C(=O)CO2. The lowest BCUT2D eigenvalue weighted by molar-refractivity contribution is -0.121. The van der Waals surface area contributed by atoms with Crippen LogP contribution in [0.15, 0.2) is 66.9 Å². The van der Waals surface area contributed by atoms with Gasteiger partial charge in [0.25, 0.3) is 11.8 Å². The second-order valence-corrected chi connectivity index (χ2v) is 9.22. The van der Waals surface area contributed by atoms with Gasteiger partial charge in [-0.25, -0.2) is 0 Å². The Labute approximate surface area is 201 Å². The van der Waals surface area contributed by atoms with Crippen LogP contribution >= 0.6 is 0 Å². The molecule has 3 aromatic rings. The van der Waals surface area contributed by atoms with E-state index in [1.54, 1.807) is 17.2 Å². The van der Waals surface area contributed by atoms with Gasteiger partial charge in [0.2, 0.25) is 0 Å². The molecule has 0 unspecified atom stereocenters. The molecule has 0 atom stereocenters. The fourth-order valence-corrected chi connectivity index (χ4v) is 3.95. The minimum absolute atomic E-state index is 0.00549. The summed E-state index contributed by atoms with van der Waals surface area (Å²) in [5.41, 5.74) is 4.33. The number of carbonyl (C=O) groups is 2. The average molecular weight is 458 g/mol. The molecule has 0 saturated heterocycles. The van der Waals surface area contributed by atoms with Gasteiger partial charge in [0.15, 0.2) is 6.61 Å². The van der Waals surface area contributed by atoms with Crippen molar-refractivity contribution in [3.63, 3.8) is 0 Å². The maximum atomic E-state index is 12.8. The molecule has 1 aliphatic rings. The third kappa shape index (κ3) is 5.28. The number of ether oxygens (including phenoxy) is 1. The Morgan fingerprint density at radius 3 is 2.74 bits per heavy atom. The van der Waals surface area contributed by atoms with Crippen molar-refractivity contribution in [2.75, 3.05) is 18.1 Å². The number of rotatable bonds is 8. The van der Waals surface area contributed by atoms with Crippen LogP contribution in [0.2, 0.25) is 0 Å². The molecule has 2 amide bonds. The molecular weight excluding hydrogens is 426 g/mol. The zero-order chi connectivity index (χ0) is 24.1. The van der Waals surface area contributed by atoms with E-state index in [0.717, 1.165) is 28.9 Å². The standard InChI is InChI=1S/C28H31N3O3/c1-4-28(2,3)22-11-12-25-24(17-22)31(26(32)19-34-25)18-20-8-7-9-21(16-20)27(33)30-15-13-23-10-5-6-14-29-23/h5-12,14,16-17H,4,13,15,18-19H2,1-3H3,(H,30,33). The number of nitrogens with one attached hydrogen (secondary N) is 1. The van der Waals surface area contributed by atoms with Gasteiger partial charge in [-0.15, -0.1) is 0 Å². The summed E-state index contributed by atoms with van der Waals surface area (Å²) in [6, 6.07) is 19.3. The topological polar surface area (TPSA) is 71.5 Å². The van der Waals surface area contributed by atoms with E-state index in [1.807, 2.05) is 42.5 Å². The fourth-order valence-electron chi connectivity index (χ4n) is 3.95. The molecule has 0 aliphatic carbocycles. The van der Waals surface area contributed by atoms with Crippen molar-refractivity contribution in [2.45, 2.75) is 45.6 Å². The highest BCUT2D eigenvalue weighted by atomic mass is 16.5. The summed E-state index contributed by atoms with van der Waals surface area (Å²) < 4.78 is 5.69. The average Bonchev–Trinajstić information content (AvgIpc) is 2.86. The van der Waals surface area contributed by atoms with Crippen LogP contribution in [-0.4, -0.2) is 29.9 Å². The number of pyridine rings is 1. The lowest BCUT2D eigenvalue weighted by Gasteiger charge is -2.32. The largest absolute Gasteiger partial charge is 0.482 e. The number of benzene rings is 2. The monoisotopic (exact) mass is 457 g/mol. The Balaban J connectivity index is 1.49. The first-order valence-corrected chi connectivity index (χ1v) is 11.7. The van der Waals surface area contributed by atoms with Gasteiger partial charge in [-0.05, 0) is 59.4 Å². The third-order valence-corrected chi connectivity index (χ3v) is 6.49. The van der Waals surface area contributed by atoms with Crippen molar-refractivity contribution in [2.24, 2.45) is 0 Å². The molecular formula is C28H31N3O3. The van der Waals surface area contributed by atoms with Gasteiger partial charge in [-0.1, -0.05) is 45.0 Å². The van der Waals surface area contributed by atoms with Crippen molar-refractivity contribution >= 4 is 17.5 Å². The van der Waals surface area contributed by atoms with Crippen LogP contribution in [0, 0.1) is 0 Å². The molecule has 0 bridgehead atoms. The first kappa shape index (κ1) is 23.5. The normalized spacial score (nSPS) is 13.3. The predicted octanol–water partition coefficient (Wildman–Crippen LogP) is 4.67. The lowest BCUT2D eigenvalue weighted by atomic mass is 9.82. The molecule has 0 saturated carbocycles. The highest BCUT2D eigenvalue weighted by molar-refractivity contribution is 5.98. The van der Waals surface area contributed by atoms with Gasteiger partial charge in [-0.2, -0.15) is 0 Å². The van der Waals surface area contributed by atoms with E-state index in [4.69, 9.17) is 4.74 Å². The van der Waals surface area contributed by atoms with Gasteiger partial charge >= 0.3 is 0 Å². The van der Waals surface area contributed by atoms with Gasteiger partial charge in [-0.3, -0.25) is 14.6 Å². The fraction of sp³-hybridized carbons (Fsp3) is 0.321. The molecule has 0 radical (unpaired) electrons. The summed E-state index contributed by atoms with van der Waals surface area (Å²) in [7, 11) is 0. The van der Waals surface area contributed by atoms with Crippen LogP contribution in [0.3, 0.4) is 0 Å². The highest BCUT2D eigenvalue weighted by Crippen LogP contribution is 2.38. The van der Waals surface area contributed by atoms with E-state index < -0.39 is 0 Å². The number of carbonyl (C=O) groups excluding carboxylic acids is 2. The number of anilines is 1. The summed E-state index contributed by atoms with van der Waals surface area (Å²) >= 11 is 0. The molecule has 1 aromatic heterocycles. The Morgan fingerprint density at radius 2 is 1.97 bits per heavy atom. The van der Waals surface area contributed by atoms with E-state index in [-0.39, 0.29) is 23.8 Å². The van der Waals surface area contributed by atoms with Crippen molar-refractivity contribution < 1.29 is 14.3 Å². The van der Waals surface area contributed by atoms with Gasteiger partial charge in [0.05, 0.1) is 12.2 Å². The minimum atomic E-state index is -0.140.